The number of aromatic hydroxyl groups is 2. The van der Waals surface area contributed by atoms with E-state index in [9.17, 15) is 28.2 Å². The average Bonchev–Trinajstić information content (AvgIpc) is 2.36. The highest BCUT2D eigenvalue weighted by atomic mass is 19.4. The van der Waals surface area contributed by atoms with Crippen molar-refractivity contribution in [1.82, 2.24) is 0 Å². The first kappa shape index (κ1) is 14.9. The third-order valence-electron chi connectivity index (χ3n) is 2.93. The number of hydrogen-bond acceptors (Lipinski definition) is 3. The lowest BCUT2D eigenvalue weighted by Crippen LogP contribution is -2.22. The number of benzene rings is 2. The Morgan fingerprint density at radius 3 is 1.90 bits per heavy atom. The van der Waals surface area contributed by atoms with Crippen molar-refractivity contribution in [3.8, 4) is 22.6 Å². The third-order valence-corrected chi connectivity index (χ3v) is 2.93. The summed E-state index contributed by atoms with van der Waals surface area (Å²) in [6, 6.07) is 7.33. The largest absolute Gasteiger partial charge is 0.507 e. The van der Waals surface area contributed by atoms with Crippen molar-refractivity contribution in [3.63, 3.8) is 0 Å². The van der Waals surface area contributed by atoms with Crippen LogP contribution >= 0.6 is 0 Å². The molecule has 2 rings (SSSR count). The summed E-state index contributed by atoms with van der Waals surface area (Å²) in [4.78, 5) is 11.1. The van der Waals surface area contributed by atoms with Gasteiger partial charge in [0.2, 0.25) is 0 Å². The zero-order chi connectivity index (χ0) is 15.8. The topological polar surface area (TPSA) is 57.5 Å². The number of ketones is 1. The molecule has 0 unspecified atom stereocenters. The molecular formula is C15H11F3O3. The molecule has 0 saturated carbocycles. The van der Waals surface area contributed by atoms with E-state index in [1.807, 2.05) is 0 Å². The van der Waals surface area contributed by atoms with Gasteiger partial charge in [-0.25, -0.2) is 0 Å². The Balaban J connectivity index is 2.43. The summed E-state index contributed by atoms with van der Waals surface area (Å²) in [5.74, 6) is -2.32. The summed E-state index contributed by atoms with van der Waals surface area (Å²) in [5.41, 5.74) is 0.547. The lowest BCUT2D eigenvalue weighted by Gasteiger charge is -2.10. The van der Waals surface area contributed by atoms with Gasteiger partial charge in [0.05, 0.1) is 5.56 Å². The van der Waals surface area contributed by atoms with Crippen LogP contribution in [0.3, 0.4) is 0 Å². The molecule has 0 fully saturated rings. The molecule has 2 aromatic rings. The highest BCUT2D eigenvalue weighted by Gasteiger charge is 2.39. The molecule has 0 amide bonds. The van der Waals surface area contributed by atoms with E-state index in [4.69, 9.17) is 0 Å². The molecule has 0 aliphatic carbocycles. The molecule has 0 aliphatic rings. The van der Waals surface area contributed by atoms with Gasteiger partial charge < -0.3 is 10.2 Å². The van der Waals surface area contributed by atoms with Crippen molar-refractivity contribution in [2.24, 2.45) is 0 Å². The van der Waals surface area contributed by atoms with Gasteiger partial charge in [-0.15, -0.1) is 0 Å². The van der Waals surface area contributed by atoms with Crippen LogP contribution in [0, 0.1) is 6.92 Å². The van der Waals surface area contributed by atoms with Gasteiger partial charge in [0, 0.05) is 5.56 Å². The van der Waals surface area contributed by atoms with E-state index < -0.39 is 17.5 Å². The SMILES string of the molecule is Cc1cc(O)c(-c2ccc(C(=O)C(F)(F)F)cc2)c(O)c1. The standard InChI is InChI=1S/C15H11F3O3/c1-8-6-11(19)13(12(20)7-8)9-2-4-10(5-3-9)14(21)15(16,17)18/h2-7,19-20H,1H3. The van der Waals surface area contributed by atoms with Crippen molar-refractivity contribution in [2.75, 3.05) is 0 Å². The van der Waals surface area contributed by atoms with Crippen molar-refractivity contribution < 1.29 is 28.2 Å². The molecule has 21 heavy (non-hydrogen) atoms. The van der Waals surface area contributed by atoms with Crippen molar-refractivity contribution in [2.45, 2.75) is 13.1 Å². The minimum absolute atomic E-state index is 0.103. The van der Waals surface area contributed by atoms with Gasteiger partial charge in [0.15, 0.2) is 0 Å². The normalized spacial score (nSPS) is 11.4. The highest BCUT2D eigenvalue weighted by Crippen LogP contribution is 2.38. The minimum atomic E-state index is -4.93. The van der Waals surface area contributed by atoms with Gasteiger partial charge in [0.1, 0.15) is 11.5 Å². The van der Waals surface area contributed by atoms with Gasteiger partial charge in [-0.1, -0.05) is 24.3 Å². The van der Waals surface area contributed by atoms with Crippen LogP contribution in [-0.4, -0.2) is 22.2 Å². The zero-order valence-electron chi connectivity index (χ0n) is 10.9. The summed E-state index contributed by atoms with van der Waals surface area (Å²) in [6.45, 7) is 1.67. The minimum Gasteiger partial charge on any atom is -0.507 e. The molecule has 0 aliphatic heterocycles. The number of alkyl halides is 3. The highest BCUT2D eigenvalue weighted by molar-refractivity contribution is 6.00. The lowest BCUT2D eigenvalue weighted by atomic mass is 9.99. The van der Waals surface area contributed by atoms with E-state index >= 15 is 0 Å². The molecule has 0 radical (unpaired) electrons. The first-order valence-corrected chi connectivity index (χ1v) is 5.94. The quantitative estimate of drug-likeness (QED) is 0.828. The van der Waals surface area contributed by atoms with E-state index in [0.717, 1.165) is 12.1 Å². The predicted molar refractivity (Wildman–Crippen MR) is 70.3 cm³/mol. The van der Waals surface area contributed by atoms with E-state index in [1.165, 1.54) is 24.3 Å². The number of aryl methyl sites for hydroxylation is 1. The van der Waals surface area contributed by atoms with Gasteiger partial charge in [-0.05, 0) is 30.2 Å². The maximum Gasteiger partial charge on any atom is 0.454 e. The summed E-state index contributed by atoms with van der Waals surface area (Å²) in [6.07, 6.45) is -4.93. The number of hydrogen-bond donors (Lipinski definition) is 2. The second-order valence-electron chi connectivity index (χ2n) is 4.58. The van der Waals surface area contributed by atoms with E-state index in [0.29, 0.717) is 11.1 Å². The van der Waals surface area contributed by atoms with Gasteiger partial charge >= 0.3 is 6.18 Å². The van der Waals surface area contributed by atoms with Gasteiger partial charge in [-0.3, -0.25) is 4.79 Å². The van der Waals surface area contributed by atoms with Crippen molar-refractivity contribution in [1.29, 1.82) is 0 Å². The maximum atomic E-state index is 12.3. The van der Waals surface area contributed by atoms with E-state index in [1.54, 1.807) is 6.92 Å². The summed E-state index contributed by atoms with van der Waals surface area (Å²) >= 11 is 0. The van der Waals surface area contributed by atoms with Crippen LogP contribution in [0.1, 0.15) is 15.9 Å². The third kappa shape index (κ3) is 2.99. The molecule has 0 heterocycles. The second kappa shape index (κ2) is 5.12. The smallest absolute Gasteiger partial charge is 0.454 e. The van der Waals surface area contributed by atoms with Crippen LogP contribution in [0.5, 0.6) is 11.5 Å². The number of carbonyl (C=O) groups is 1. The Morgan fingerprint density at radius 2 is 1.48 bits per heavy atom. The molecule has 0 saturated heterocycles. The fraction of sp³-hybridized carbons (Fsp3) is 0.133. The van der Waals surface area contributed by atoms with Crippen LogP contribution in [-0.2, 0) is 0 Å². The molecule has 2 aromatic carbocycles. The fourth-order valence-electron chi connectivity index (χ4n) is 2.00. The molecule has 3 nitrogen and oxygen atoms in total. The zero-order valence-corrected chi connectivity index (χ0v) is 10.9. The number of rotatable bonds is 2. The van der Waals surface area contributed by atoms with E-state index in [2.05, 4.69) is 0 Å². The van der Waals surface area contributed by atoms with Crippen LogP contribution in [0.2, 0.25) is 0 Å². The van der Waals surface area contributed by atoms with E-state index in [-0.39, 0.29) is 17.1 Å². The predicted octanol–water partition coefficient (Wildman–Crippen LogP) is 3.82. The monoisotopic (exact) mass is 296 g/mol. The molecule has 6 heteroatoms. The van der Waals surface area contributed by atoms with Crippen LogP contribution in [0.4, 0.5) is 13.2 Å². The molecule has 0 spiro atoms. The summed E-state index contributed by atoms with van der Waals surface area (Å²) in [7, 11) is 0. The number of Topliss-reactive ketones (excluding diaryl/α,β-unsaturated/α-hetero) is 1. The molecule has 0 bridgehead atoms. The summed E-state index contributed by atoms with van der Waals surface area (Å²) in [5, 5.41) is 19.7. The fourth-order valence-corrected chi connectivity index (χ4v) is 2.00. The first-order valence-electron chi connectivity index (χ1n) is 5.94. The van der Waals surface area contributed by atoms with Crippen LogP contribution in [0.25, 0.3) is 11.1 Å². The van der Waals surface area contributed by atoms with Crippen molar-refractivity contribution in [3.05, 3.63) is 47.5 Å². The Labute approximate surface area is 118 Å². The average molecular weight is 296 g/mol. The molecule has 2 N–H and O–H groups in total. The first-order chi connectivity index (χ1) is 9.70. The summed E-state index contributed by atoms with van der Waals surface area (Å²) < 4.78 is 36.9. The Bertz CT molecular complexity index is 665. The molecule has 0 aromatic heterocycles. The molecule has 110 valence electrons. The van der Waals surface area contributed by atoms with Crippen molar-refractivity contribution >= 4 is 5.78 Å². The molecular weight excluding hydrogens is 285 g/mol. The molecule has 0 atom stereocenters. The lowest BCUT2D eigenvalue weighted by molar-refractivity contribution is -0.0885. The van der Waals surface area contributed by atoms with Gasteiger partial charge in [0.25, 0.3) is 5.78 Å². The number of carbonyl (C=O) groups excluding carboxylic acids is 1. The Morgan fingerprint density at radius 1 is 1.00 bits per heavy atom. The maximum absolute atomic E-state index is 12.3. The Hall–Kier alpha value is -2.50. The number of halogens is 3. The second-order valence-corrected chi connectivity index (χ2v) is 4.58. The van der Waals surface area contributed by atoms with Crippen LogP contribution in [0.15, 0.2) is 36.4 Å². The number of phenols is 2. The number of phenolic OH excluding ortho intramolecular Hbond substituents is 2. The Kier molecular flexibility index (Phi) is 3.63. The van der Waals surface area contributed by atoms with Gasteiger partial charge in [-0.2, -0.15) is 13.2 Å². The van der Waals surface area contributed by atoms with Crippen LogP contribution < -0.4 is 0 Å².